The van der Waals surface area contributed by atoms with Gasteiger partial charge in [0, 0.05) is 11.3 Å². The first-order valence-electron chi connectivity index (χ1n) is 11.1. The fourth-order valence-electron chi connectivity index (χ4n) is 3.52. The van der Waals surface area contributed by atoms with Gasteiger partial charge in [-0.2, -0.15) is 0 Å². The van der Waals surface area contributed by atoms with Crippen LogP contribution in [0.4, 0.5) is 10.5 Å². The van der Waals surface area contributed by atoms with Gasteiger partial charge in [0.15, 0.2) is 18.1 Å². The van der Waals surface area contributed by atoms with E-state index in [1.807, 2.05) is 6.07 Å². The lowest BCUT2D eigenvalue weighted by Crippen LogP contribution is -2.30. The van der Waals surface area contributed by atoms with E-state index in [1.165, 1.54) is 32.4 Å². The van der Waals surface area contributed by atoms with E-state index in [9.17, 15) is 19.2 Å². The van der Waals surface area contributed by atoms with Crippen LogP contribution in [0.3, 0.4) is 0 Å². The molecule has 2 aromatic carbocycles. The van der Waals surface area contributed by atoms with Crippen LogP contribution in [-0.4, -0.2) is 49.5 Å². The molecule has 11 nitrogen and oxygen atoms in total. The first kappa shape index (κ1) is 25.0. The molecule has 1 aromatic heterocycles. The Kier molecular flexibility index (Phi) is 7.53. The third-order valence-corrected chi connectivity index (χ3v) is 5.26. The number of urea groups is 1. The normalized spacial score (nSPS) is 13.9. The summed E-state index contributed by atoms with van der Waals surface area (Å²) in [6.45, 7) is -0.515. The minimum Gasteiger partial charge on any atom is -0.493 e. The molecule has 0 spiro atoms. The highest BCUT2D eigenvalue weighted by atomic mass is 16.5. The van der Waals surface area contributed by atoms with Crippen molar-refractivity contribution in [3.63, 3.8) is 0 Å². The summed E-state index contributed by atoms with van der Waals surface area (Å²) >= 11 is 0. The lowest BCUT2D eigenvalue weighted by atomic mass is 10.1. The van der Waals surface area contributed by atoms with Gasteiger partial charge >= 0.3 is 12.0 Å². The maximum absolute atomic E-state index is 13.0. The summed E-state index contributed by atoms with van der Waals surface area (Å²) in [5.74, 6) is -0.952. The number of ether oxygens (including phenoxy) is 3. The van der Waals surface area contributed by atoms with Gasteiger partial charge in [-0.3, -0.25) is 14.5 Å². The molecule has 0 unspecified atom stereocenters. The molecule has 1 aliphatic heterocycles. The van der Waals surface area contributed by atoms with Crippen LogP contribution >= 0.6 is 0 Å². The molecule has 37 heavy (non-hydrogen) atoms. The second kappa shape index (κ2) is 11.1. The molecule has 4 rings (SSSR count). The zero-order valence-corrected chi connectivity index (χ0v) is 20.0. The van der Waals surface area contributed by atoms with Crippen LogP contribution < -0.4 is 20.1 Å². The van der Waals surface area contributed by atoms with Gasteiger partial charge in [-0.1, -0.05) is 30.3 Å². The smallest absolute Gasteiger partial charge is 0.373 e. The molecule has 1 fully saturated rings. The number of furan rings is 1. The van der Waals surface area contributed by atoms with Gasteiger partial charge in [0.25, 0.3) is 11.8 Å². The Hall–Kier alpha value is -5.06. The zero-order chi connectivity index (χ0) is 26.4. The molecule has 0 atom stereocenters. The van der Waals surface area contributed by atoms with Crippen LogP contribution in [0.5, 0.6) is 11.5 Å². The third-order valence-electron chi connectivity index (χ3n) is 5.26. The number of para-hydroxylation sites is 2. The van der Waals surface area contributed by atoms with Crippen molar-refractivity contribution in [3.05, 3.63) is 83.4 Å². The second-order valence-corrected chi connectivity index (χ2v) is 7.72. The lowest BCUT2D eigenvalue weighted by Gasteiger charge is -2.14. The Labute approximate surface area is 211 Å². The average molecular weight is 505 g/mol. The summed E-state index contributed by atoms with van der Waals surface area (Å²) in [5, 5.41) is 5.24. The maximum atomic E-state index is 13.0. The summed E-state index contributed by atoms with van der Waals surface area (Å²) in [5.41, 5.74) is 1.01. The Morgan fingerprint density at radius 2 is 1.81 bits per heavy atom. The highest BCUT2D eigenvalue weighted by Crippen LogP contribution is 2.33. The summed E-state index contributed by atoms with van der Waals surface area (Å²) in [7, 11) is 2.66. The van der Waals surface area contributed by atoms with Crippen molar-refractivity contribution in [1.29, 1.82) is 0 Å². The van der Waals surface area contributed by atoms with Crippen LogP contribution in [0.25, 0.3) is 6.08 Å². The topological polar surface area (TPSA) is 136 Å². The summed E-state index contributed by atoms with van der Waals surface area (Å²) in [4.78, 5) is 50.3. The van der Waals surface area contributed by atoms with E-state index >= 15 is 0 Å². The number of carbonyl (C=O) groups excluding carboxylic acids is 4. The highest BCUT2D eigenvalue weighted by Gasteiger charge is 2.34. The van der Waals surface area contributed by atoms with Gasteiger partial charge in [0.1, 0.15) is 11.5 Å². The minimum absolute atomic E-state index is 0.0170. The second-order valence-electron chi connectivity index (χ2n) is 7.72. The molecule has 0 saturated carbocycles. The number of esters is 1. The van der Waals surface area contributed by atoms with Gasteiger partial charge in [-0.25, -0.2) is 9.59 Å². The number of anilines is 1. The molecule has 2 N–H and O–H groups in total. The largest absolute Gasteiger partial charge is 0.493 e. The number of rotatable bonds is 9. The molecule has 0 radical (unpaired) electrons. The number of carbonyl (C=O) groups is 4. The van der Waals surface area contributed by atoms with E-state index in [1.54, 1.807) is 42.5 Å². The summed E-state index contributed by atoms with van der Waals surface area (Å²) in [6, 6.07) is 16.1. The monoisotopic (exact) mass is 505 g/mol. The van der Waals surface area contributed by atoms with Crippen molar-refractivity contribution in [2.75, 3.05) is 26.1 Å². The lowest BCUT2D eigenvalue weighted by molar-refractivity contribution is -0.123. The number of methoxy groups -OCH3 is 2. The van der Waals surface area contributed by atoms with E-state index in [4.69, 9.17) is 13.9 Å². The first-order valence-corrected chi connectivity index (χ1v) is 11.1. The van der Waals surface area contributed by atoms with Crippen LogP contribution in [0.2, 0.25) is 0 Å². The van der Waals surface area contributed by atoms with E-state index in [0.717, 1.165) is 4.90 Å². The summed E-state index contributed by atoms with van der Waals surface area (Å²) < 4.78 is 21.1. The summed E-state index contributed by atoms with van der Waals surface area (Å²) in [6.07, 6.45) is 1.43. The molecule has 190 valence electrons. The van der Waals surface area contributed by atoms with E-state index in [-0.39, 0.29) is 36.1 Å². The molecular weight excluding hydrogens is 482 g/mol. The average Bonchev–Trinajstić information content (AvgIpc) is 3.48. The molecule has 11 heteroatoms. The Bertz CT molecular complexity index is 1360. The van der Waals surface area contributed by atoms with Gasteiger partial charge in [0.2, 0.25) is 5.76 Å². The van der Waals surface area contributed by atoms with Crippen LogP contribution in [0.15, 0.2) is 70.8 Å². The number of hydrogen-bond donors (Lipinski definition) is 2. The van der Waals surface area contributed by atoms with Crippen molar-refractivity contribution < 1.29 is 37.8 Å². The van der Waals surface area contributed by atoms with Crippen LogP contribution in [0.1, 0.15) is 21.9 Å². The molecular formula is C26H23N3O8. The molecule has 2 heterocycles. The van der Waals surface area contributed by atoms with Crippen molar-refractivity contribution in [2.45, 2.75) is 6.54 Å². The molecule has 1 saturated heterocycles. The van der Waals surface area contributed by atoms with Crippen molar-refractivity contribution in [1.82, 2.24) is 10.2 Å². The molecule has 4 amide bonds. The van der Waals surface area contributed by atoms with Crippen LogP contribution in [-0.2, 0) is 20.9 Å². The van der Waals surface area contributed by atoms with E-state index in [0.29, 0.717) is 17.0 Å². The number of hydrogen-bond acceptors (Lipinski definition) is 8. The van der Waals surface area contributed by atoms with Crippen molar-refractivity contribution in [2.24, 2.45) is 0 Å². The number of nitrogens with one attached hydrogen (secondary N) is 2. The van der Waals surface area contributed by atoms with Gasteiger partial charge in [0.05, 0.1) is 20.8 Å². The molecule has 0 aliphatic carbocycles. The molecule has 0 bridgehead atoms. The zero-order valence-electron chi connectivity index (χ0n) is 20.0. The van der Waals surface area contributed by atoms with Crippen LogP contribution in [0, 0.1) is 0 Å². The van der Waals surface area contributed by atoms with Gasteiger partial charge in [-0.15, -0.1) is 0 Å². The molecule has 3 aromatic rings. The Morgan fingerprint density at radius 1 is 1.03 bits per heavy atom. The Balaban J connectivity index is 1.50. The molecule has 1 aliphatic rings. The number of nitrogens with zero attached hydrogens (tertiary/aromatic N) is 1. The first-order chi connectivity index (χ1) is 17.9. The van der Waals surface area contributed by atoms with Crippen molar-refractivity contribution >= 4 is 35.6 Å². The SMILES string of the molecule is COC(=O)c1ccc(CN2C(=O)N/C(=C\c3cccc(OC)c3OCC(=O)Nc3ccccc3)C2=O)o1. The van der Waals surface area contributed by atoms with Gasteiger partial charge < -0.3 is 29.3 Å². The minimum atomic E-state index is -0.674. The van der Waals surface area contributed by atoms with Crippen molar-refractivity contribution in [3.8, 4) is 11.5 Å². The fourth-order valence-corrected chi connectivity index (χ4v) is 3.52. The number of imide groups is 1. The van der Waals surface area contributed by atoms with E-state index in [2.05, 4.69) is 15.4 Å². The number of amides is 4. The highest BCUT2D eigenvalue weighted by molar-refractivity contribution is 6.14. The van der Waals surface area contributed by atoms with E-state index < -0.39 is 23.8 Å². The Morgan fingerprint density at radius 3 is 2.54 bits per heavy atom. The quantitative estimate of drug-likeness (QED) is 0.257. The van der Waals surface area contributed by atoms with Gasteiger partial charge in [-0.05, 0) is 36.4 Å². The maximum Gasteiger partial charge on any atom is 0.373 e. The standard InChI is InChI=1S/C26H23N3O8/c1-34-20-10-6-7-16(23(20)36-15-22(30)27-17-8-4-3-5-9-17)13-19-24(31)29(26(33)28-19)14-18-11-12-21(37-18)25(32)35-2/h3-13H,14-15H2,1-2H3,(H,27,30)(H,28,33)/b19-13-. The number of benzene rings is 2. The predicted octanol–water partition coefficient (Wildman–Crippen LogP) is 3.19. The fraction of sp³-hybridized carbons (Fsp3) is 0.154. The predicted molar refractivity (Wildman–Crippen MR) is 131 cm³/mol. The third kappa shape index (κ3) is 5.78.